The molecule has 4 rings (SSSR count). The van der Waals surface area contributed by atoms with E-state index < -0.39 is 5.97 Å². The molecule has 0 radical (unpaired) electrons. The Balaban J connectivity index is 1.86. The molecule has 2 aromatic carbocycles. The number of aliphatic carboxylic acids is 1. The van der Waals surface area contributed by atoms with Crippen LogP contribution in [0.15, 0.2) is 54.6 Å². The molecule has 1 atom stereocenters. The lowest BCUT2D eigenvalue weighted by atomic mass is 10.0. The van der Waals surface area contributed by atoms with Crippen molar-refractivity contribution >= 4 is 16.9 Å². The lowest BCUT2D eigenvalue weighted by Crippen LogP contribution is -2.10. The fourth-order valence-corrected chi connectivity index (χ4v) is 3.93. The summed E-state index contributed by atoms with van der Waals surface area (Å²) in [5, 5.41) is 10.5. The summed E-state index contributed by atoms with van der Waals surface area (Å²) in [6.07, 6.45) is 2.14. The maximum atomic E-state index is 11.2. The van der Waals surface area contributed by atoms with E-state index in [0.717, 1.165) is 19.4 Å². The minimum Gasteiger partial charge on any atom is -0.481 e. The minimum atomic E-state index is -0.709. The van der Waals surface area contributed by atoms with Gasteiger partial charge in [0.15, 0.2) is 0 Å². The van der Waals surface area contributed by atoms with Crippen LogP contribution in [0.3, 0.4) is 0 Å². The second kappa shape index (κ2) is 5.58. The Bertz CT molecular complexity index is 864. The van der Waals surface area contributed by atoms with Crippen LogP contribution in [0.5, 0.6) is 0 Å². The van der Waals surface area contributed by atoms with E-state index in [1.54, 1.807) is 0 Å². The van der Waals surface area contributed by atoms with Crippen molar-refractivity contribution in [2.24, 2.45) is 0 Å². The molecule has 1 aliphatic rings. The van der Waals surface area contributed by atoms with Gasteiger partial charge in [-0.3, -0.25) is 4.79 Å². The summed E-state index contributed by atoms with van der Waals surface area (Å²) in [5.74, 6) is -0.585. The van der Waals surface area contributed by atoms with E-state index in [0.29, 0.717) is 0 Å². The van der Waals surface area contributed by atoms with Crippen molar-refractivity contribution in [2.45, 2.75) is 31.7 Å². The monoisotopic (exact) mass is 305 g/mol. The fourth-order valence-electron chi connectivity index (χ4n) is 3.93. The number of carboxylic acids is 1. The molecule has 3 aromatic rings. The lowest BCUT2D eigenvalue weighted by molar-refractivity contribution is -0.137. The topological polar surface area (TPSA) is 42.2 Å². The molecule has 116 valence electrons. The number of benzene rings is 2. The van der Waals surface area contributed by atoms with Gasteiger partial charge in [0.05, 0.1) is 6.42 Å². The first-order valence-electron chi connectivity index (χ1n) is 8.10. The molecule has 1 N–H and O–H groups in total. The summed E-state index contributed by atoms with van der Waals surface area (Å²) >= 11 is 0. The van der Waals surface area contributed by atoms with Crippen molar-refractivity contribution in [3.8, 4) is 0 Å². The second-order valence-electron chi connectivity index (χ2n) is 6.29. The SMILES string of the molecule is O=C(O)C[C@H]1CCc2c1n(Cc1ccccc1)c1ccccc21. The molecular weight excluding hydrogens is 286 g/mol. The largest absolute Gasteiger partial charge is 0.481 e. The molecule has 0 amide bonds. The normalized spacial score (nSPS) is 16.6. The first-order chi connectivity index (χ1) is 11.2. The molecule has 0 spiro atoms. The second-order valence-corrected chi connectivity index (χ2v) is 6.29. The summed E-state index contributed by atoms with van der Waals surface area (Å²) in [6, 6.07) is 18.8. The zero-order valence-corrected chi connectivity index (χ0v) is 12.9. The smallest absolute Gasteiger partial charge is 0.304 e. The van der Waals surface area contributed by atoms with E-state index >= 15 is 0 Å². The number of aromatic nitrogens is 1. The average molecular weight is 305 g/mol. The minimum absolute atomic E-state index is 0.124. The maximum Gasteiger partial charge on any atom is 0.304 e. The predicted molar refractivity (Wildman–Crippen MR) is 90.8 cm³/mol. The Morgan fingerprint density at radius 2 is 1.83 bits per heavy atom. The van der Waals surface area contributed by atoms with Crippen LogP contribution >= 0.6 is 0 Å². The van der Waals surface area contributed by atoms with Crippen LogP contribution in [0, 0.1) is 0 Å². The van der Waals surface area contributed by atoms with Gasteiger partial charge >= 0.3 is 5.97 Å². The fraction of sp³-hybridized carbons (Fsp3) is 0.250. The molecule has 0 bridgehead atoms. The first-order valence-corrected chi connectivity index (χ1v) is 8.10. The van der Waals surface area contributed by atoms with Crippen LogP contribution in [0.1, 0.15) is 35.6 Å². The highest BCUT2D eigenvalue weighted by molar-refractivity contribution is 5.87. The molecule has 0 aliphatic heterocycles. The van der Waals surface area contributed by atoms with Crippen LogP contribution in [0.2, 0.25) is 0 Å². The summed E-state index contributed by atoms with van der Waals surface area (Å²) < 4.78 is 2.33. The Morgan fingerprint density at radius 3 is 2.61 bits per heavy atom. The summed E-state index contributed by atoms with van der Waals surface area (Å²) in [7, 11) is 0. The molecule has 0 fully saturated rings. The molecule has 1 heterocycles. The van der Waals surface area contributed by atoms with Crippen molar-refractivity contribution in [1.29, 1.82) is 0 Å². The Hall–Kier alpha value is -2.55. The number of hydrogen-bond donors (Lipinski definition) is 1. The van der Waals surface area contributed by atoms with Crippen molar-refractivity contribution in [3.05, 3.63) is 71.4 Å². The average Bonchev–Trinajstić information content (AvgIpc) is 3.09. The van der Waals surface area contributed by atoms with Gasteiger partial charge in [0.1, 0.15) is 0 Å². The van der Waals surface area contributed by atoms with Crippen molar-refractivity contribution in [2.75, 3.05) is 0 Å². The van der Waals surface area contributed by atoms with Gasteiger partial charge in [-0.05, 0) is 30.0 Å². The van der Waals surface area contributed by atoms with Crippen molar-refractivity contribution < 1.29 is 9.90 Å². The van der Waals surface area contributed by atoms with Gasteiger partial charge in [0, 0.05) is 29.1 Å². The van der Waals surface area contributed by atoms with Crippen LogP contribution in [0.25, 0.3) is 10.9 Å². The summed E-state index contributed by atoms with van der Waals surface area (Å²) in [6.45, 7) is 0.798. The molecule has 1 aliphatic carbocycles. The van der Waals surface area contributed by atoms with Crippen LogP contribution in [0.4, 0.5) is 0 Å². The van der Waals surface area contributed by atoms with Crippen LogP contribution in [-0.2, 0) is 17.8 Å². The van der Waals surface area contributed by atoms with E-state index in [9.17, 15) is 9.90 Å². The number of rotatable bonds is 4. The highest BCUT2D eigenvalue weighted by atomic mass is 16.4. The number of carbonyl (C=O) groups is 1. The third kappa shape index (κ3) is 2.42. The van der Waals surface area contributed by atoms with Gasteiger partial charge in [-0.25, -0.2) is 0 Å². The third-order valence-electron chi connectivity index (χ3n) is 4.85. The molecule has 3 nitrogen and oxygen atoms in total. The quantitative estimate of drug-likeness (QED) is 0.785. The van der Waals surface area contributed by atoms with Gasteiger partial charge in [0.2, 0.25) is 0 Å². The van der Waals surface area contributed by atoms with Crippen LogP contribution < -0.4 is 0 Å². The van der Waals surface area contributed by atoms with Crippen LogP contribution in [-0.4, -0.2) is 15.6 Å². The number of nitrogens with zero attached hydrogens (tertiary/aromatic N) is 1. The molecule has 1 aromatic heterocycles. The van der Waals surface area contributed by atoms with Gasteiger partial charge in [-0.15, -0.1) is 0 Å². The van der Waals surface area contributed by atoms with E-state index in [4.69, 9.17) is 0 Å². The van der Waals surface area contributed by atoms with Crippen molar-refractivity contribution in [1.82, 2.24) is 4.57 Å². The maximum absolute atomic E-state index is 11.2. The Morgan fingerprint density at radius 1 is 1.09 bits per heavy atom. The number of aryl methyl sites for hydroxylation is 1. The van der Waals surface area contributed by atoms with Crippen molar-refractivity contribution in [3.63, 3.8) is 0 Å². The number of para-hydroxylation sites is 1. The molecule has 0 unspecified atom stereocenters. The number of hydrogen-bond acceptors (Lipinski definition) is 1. The molecule has 23 heavy (non-hydrogen) atoms. The summed E-state index contributed by atoms with van der Waals surface area (Å²) in [4.78, 5) is 11.2. The molecular formula is C20H19NO2. The first kappa shape index (κ1) is 14.1. The Kier molecular flexibility index (Phi) is 3.41. The van der Waals surface area contributed by atoms with E-state index in [-0.39, 0.29) is 12.3 Å². The number of fused-ring (bicyclic) bond motifs is 3. The van der Waals surface area contributed by atoms with Gasteiger partial charge < -0.3 is 9.67 Å². The third-order valence-corrected chi connectivity index (χ3v) is 4.85. The van der Waals surface area contributed by atoms with E-state index in [1.807, 2.05) is 6.07 Å². The zero-order valence-electron chi connectivity index (χ0n) is 12.9. The lowest BCUT2D eigenvalue weighted by Gasteiger charge is -2.15. The van der Waals surface area contributed by atoms with Gasteiger partial charge in [0.25, 0.3) is 0 Å². The van der Waals surface area contributed by atoms with Gasteiger partial charge in [-0.1, -0.05) is 48.5 Å². The van der Waals surface area contributed by atoms with Gasteiger partial charge in [-0.2, -0.15) is 0 Å². The van der Waals surface area contributed by atoms with E-state index in [2.05, 4.69) is 53.1 Å². The highest BCUT2D eigenvalue weighted by Gasteiger charge is 2.31. The zero-order chi connectivity index (χ0) is 15.8. The molecule has 0 saturated heterocycles. The summed E-state index contributed by atoms with van der Waals surface area (Å²) in [5.41, 5.74) is 5.05. The molecule has 0 saturated carbocycles. The predicted octanol–water partition coefficient (Wildman–Crippen LogP) is 4.19. The Labute approximate surface area is 135 Å². The molecule has 3 heteroatoms. The standard InChI is InChI=1S/C20H19NO2/c22-19(23)12-15-10-11-17-16-8-4-5-9-18(16)21(20(15)17)13-14-6-2-1-3-7-14/h1-9,15H,10-13H2,(H,22,23)/t15-/m1/s1. The highest BCUT2D eigenvalue weighted by Crippen LogP contribution is 2.42. The number of carboxylic acid groups (broad SMARTS) is 1. The van der Waals surface area contributed by atoms with E-state index in [1.165, 1.54) is 27.7 Å².